The average Bonchev–Trinajstić information content (AvgIpc) is 2.35. The van der Waals surface area contributed by atoms with E-state index in [0.29, 0.717) is 6.54 Å². The van der Waals surface area contributed by atoms with Crippen molar-refractivity contribution in [2.24, 2.45) is 0 Å². The quantitative estimate of drug-likeness (QED) is 0.605. The Balaban J connectivity index is 2.54. The summed E-state index contributed by atoms with van der Waals surface area (Å²) in [6.07, 6.45) is 0.964. The van der Waals surface area contributed by atoms with Crippen molar-refractivity contribution >= 4 is 5.91 Å². The lowest BCUT2D eigenvalue weighted by atomic mass is 10.2. The molecule has 0 saturated heterocycles. The highest BCUT2D eigenvalue weighted by molar-refractivity contribution is 5.94. The molecule has 2 N–H and O–H groups in total. The van der Waals surface area contributed by atoms with Gasteiger partial charge in [0.05, 0.1) is 5.56 Å². The van der Waals surface area contributed by atoms with Gasteiger partial charge in [-0.3, -0.25) is 4.79 Å². The molecule has 0 aliphatic carbocycles. The number of carbonyl (C=O) groups is 1. The van der Waals surface area contributed by atoms with E-state index in [1.165, 1.54) is 0 Å². The zero-order valence-corrected chi connectivity index (χ0v) is 10.0. The lowest BCUT2D eigenvalue weighted by Crippen LogP contribution is -2.32. The van der Waals surface area contributed by atoms with E-state index < -0.39 is 28.9 Å². The van der Waals surface area contributed by atoms with E-state index in [1.54, 1.807) is 0 Å². The molecular weight excluding hydrogens is 245 g/mol. The second-order valence-corrected chi connectivity index (χ2v) is 3.73. The smallest absolute Gasteiger partial charge is 0.254 e. The Morgan fingerprint density at radius 1 is 1.11 bits per heavy atom. The number of hydrogen-bond acceptors (Lipinski definition) is 2. The van der Waals surface area contributed by atoms with E-state index in [2.05, 4.69) is 10.6 Å². The Hall–Kier alpha value is -1.56. The summed E-state index contributed by atoms with van der Waals surface area (Å²) in [5.41, 5.74) is -0.496. The van der Waals surface area contributed by atoms with Crippen LogP contribution in [0.2, 0.25) is 0 Å². The summed E-state index contributed by atoms with van der Waals surface area (Å²) in [7, 11) is 0. The van der Waals surface area contributed by atoms with Gasteiger partial charge < -0.3 is 10.6 Å². The molecule has 18 heavy (non-hydrogen) atoms. The average molecular weight is 260 g/mol. The number of carbonyl (C=O) groups excluding carboxylic acids is 1. The molecule has 0 radical (unpaired) electrons. The van der Waals surface area contributed by atoms with E-state index in [-0.39, 0.29) is 6.54 Å². The molecule has 0 aliphatic rings. The highest BCUT2D eigenvalue weighted by Gasteiger charge is 2.18. The number of amides is 1. The Morgan fingerprint density at radius 2 is 1.83 bits per heavy atom. The maximum absolute atomic E-state index is 13.3. The second-order valence-electron chi connectivity index (χ2n) is 3.73. The van der Waals surface area contributed by atoms with Crippen LogP contribution in [0.3, 0.4) is 0 Å². The summed E-state index contributed by atoms with van der Waals surface area (Å²) in [5, 5.41) is 5.45. The molecule has 1 aromatic rings. The maximum Gasteiger partial charge on any atom is 0.254 e. The molecule has 0 aliphatic heterocycles. The molecule has 0 saturated carbocycles. The van der Waals surface area contributed by atoms with Gasteiger partial charge in [-0.25, -0.2) is 13.2 Å². The van der Waals surface area contributed by atoms with Crippen LogP contribution in [-0.4, -0.2) is 25.5 Å². The molecule has 0 bridgehead atoms. The first kappa shape index (κ1) is 14.5. The SMILES string of the molecule is CCCNCCNC(=O)c1ccc(F)c(F)c1F. The molecule has 0 aromatic heterocycles. The Kier molecular flexibility index (Phi) is 5.64. The van der Waals surface area contributed by atoms with Gasteiger partial charge >= 0.3 is 0 Å². The van der Waals surface area contributed by atoms with Gasteiger partial charge in [-0.2, -0.15) is 0 Å². The van der Waals surface area contributed by atoms with Crippen LogP contribution >= 0.6 is 0 Å². The standard InChI is InChI=1S/C12H15F3N2O/c1-2-5-16-6-7-17-12(18)8-3-4-9(13)11(15)10(8)14/h3-4,16H,2,5-7H2,1H3,(H,17,18). The minimum Gasteiger partial charge on any atom is -0.351 e. The fourth-order valence-corrected chi connectivity index (χ4v) is 1.36. The van der Waals surface area contributed by atoms with Crippen LogP contribution in [0.15, 0.2) is 12.1 Å². The molecule has 100 valence electrons. The van der Waals surface area contributed by atoms with Gasteiger partial charge in [0.2, 0.25) is 0 Å². The van der Waals surface area contributed by atoms with E-state index in [4.69, 9.17) is 0 Å². The number of halogens is 3. The molecule has 3 nitrogen and oxygen atoms in total. The first-order chi connectivity index (χ1) is 8.57. The van der Waals surface area contributed by atoms with Crippen molar-refractivity contribution in [3.8, 4) is 0 Å². The Labute approximate surface area is 103 Å². The highest BCUT2D eigenvalue weighted by Crippen LogP contribution is 2.14. The third kappa shape index (κ3) is 3.73. The van der Waals surface area contributed by atoms with E-state index in [0.717, 1.165) is 25.1 Å². The van der Waals surface area contributed by atoms with E-state index >= 15 is 0 Å². The van der Waals surface area contributed by atoms with Gasteiger partial charge in [-0.15, -0.1) is 0 Å². The summed E-state index contributed by atoms with van der Waals surface area (Å²) in [6.45, 7) is 3.64. The van der Waals surface area contributed by atoms with Crippen LogP contribution in [0.25, 0.3) is 0 Å². The first-order valence-corrected chi connectivity index (χ1v) is 5.70. The van der Waals surface area contributed by atoms with Crippen LogP contribution in [0.5, 0.6) is 0 Å². The molecule has 1 rings (SSSR count). The van der Waals surface area contributed by atoms with Crippen molar-refractivity contribution in [1.82, 2.24) is 10.6 Å². The second kappa shape index (κ2) is 7.00. The molecule has 0 atom stereocenters. The summed E-state index contributed by atoms with van der Waals surface area (Å²) >= 11 is 0. The first-order valence-electron chi connectivity index (χ1n) is 5.70. The molecule has 6 heteroatoms. The fraction of sp³-hybridized carbons (Fsp3) is 0.417. The minimum atomic E-state index is -1.63. The largest absolute Gasteiger partial charge is 0.351 e. The van der Waals surface area contributed by atoms with Gasteiger partial charge in [0.25, 0.3) is 5.91 Å². The zero-order chi connectivity index (χ0) is 13.5. The molecule has 1 amide bonds. The van der Waals surface area contributed by atoms with Crippen molar-refractivity contribution in [3.05, 3.63) is 35.1 Å². The van der Waals surface area contributed by atoms with Crippen LogP contribution in [-0.2, 0) is 0 Å². The molecule has 1 aromatic carbocycles. The van der Waals surface area contributed by atoms with Crippen LogP contribution < -0.4 is 10.6 Å². The van der Waals surface area contributed by atoms with Gasteiger partial charge in [0, 0.05) is 13.1 Å². The highest BCUT2D eigenvalue weighted by atomic mass is 19.2. The topological polar surface area (TPSA) is 41.1 Å². The maximum atomic E-state index is 13.3. The third-order valence-corrected chi connectivity index (χ3v) is 2.29. The van der Waals surface area contributed by atoms with Gasteiger partial charge in [0.1, 0.15) is 0 Å². The van der Waals surface area contributed by atoms with Crippen molar-refractivity contribution in [3.63, 3.8) is 0 Å². The normalized spacial score (nSPS) is 10.4. The van der Waals surface area contributed by atoms with Crippen molar-refractivity contribution in [1.29, 1.82) is 0 Å². The molecule has 0 heterocycles. The summed E-state index contributed by atoms with van der Waals surface area (Å²) in [4.78, 5) is 11.5. The predicted molar refractivity (Wildman–Crippen MR) is 61.8 cm³/mol. The van der Waals surface area contributed by atoms with Gasteiger partial charge in [-0.05, 0) is 25.1 Å². The number of benzene rings is 1. The van der Waals surface area contributed by atoms with Gasteiger partial charge in [0.15, 0.2) is 17.5 Å². The lowest BCUT2D eigenvalue weighted by Gasteiger charge is -2.07. The predicted octanol–water partition coefficient (Wildman–Crippen LogP) is 1.83. The van der Waals surface area contributed by atoms with E-state index in [9.17, 15) is 18.0 Å². The summed E-state index contributed by atoms with van der Waals surface area (Å²) in [6, 6.07) is 1.64. The molecule has 0 fully saturated rings. The summed E-state index contributed by atoms with van der Waals surface area (Å²) < 4.78 is 38.8. The zero-order valence-electron chi connectivity index (χ0n) is 10.0. The molecule has 0 unspecified atom stereocenters. The van der Waals surface area contributed by atoms with Crippen molar-refractivity contribution in [2.45, 2.75) is 13.3 Å². The molecular formula is C12H15F3N2O. The third-order valence-electron chi connectivity index (χ3n) is 2.29. The van der Waals surface area contributed by atoms with Gasteiger partial charge in [-0.1, -0.05) is 6.92 Å². The van der Waals surface area contributed by atoms with E-state index in [1.807, 2.05) is 6.92 Å². The minimum absolute atomic E-state index is 0.289. The molecule has 0 spiro atoms. The monoisotopic (exact) mass is 260 g/mol. The number of nitrogens with one attached hydrogen (secondary N) is 2. The number of hydrogen-bond donors (Lipinski definition) is 2. The van der Waals surface area contributed by atoms with Crippen LogP contribution in [0, 0.1) is 17.5 Å². The fourth-order valence-electron chi connectivity index (χ4n) is 1.36. The lowest BCUT2D eigenvalue weighted by molar-refractivity contribution is 0.0948. The Morgan fingerprint density at radius 3 is 2.50 bits per heavy atom. The van der Waals surface area contributed by atoms with Crippen LogP contribution in [0.1, 0.15) is 23.7 Å². The Bertz CT molecular complexity index is 424. The summed E-state index contributed by atoms with van der Waals surface area (Å²) in [5.74, 6) is -5.17. The van der Waals surface area contributed by atoms with Crippen LogP contribution in [0.4, 0.5) is 13.2 Å². The number of rotatable bonds is 6. The van der Waals surface area contributed by atoms with Crippen molar-refractivity contribution < 1.29 is 18.0 Å². The van der Waals surface area contributed by atoms with Crippen molar-refractivity contribution in [2.75, 3.05) is 19.6 Å².